The largest absolute Gasteiger partial charge is 0.322 e. The monoisotopic (exact) mass is 272 g/mol. The van der Waals surface area contributed by atoms with E-state index < -0.39 is 0 Å². The Morgan fingerprint density at radius 3 is 2.40 bits per heavy atom. The van der Waals surface area contributed by atoms with Crippen LogP contribution < -0.4 is 10.6 Å². The molecule has 0 saturated heterocycles. The van der Waals surface area contributed by atoms with Gasteiger partial charge in [-0.05, 0) is 38.6 Å². The van der Waals surface area contributed by atoms with Crippen LogP contribution in [0.1, 0.15) is 27.3 Å². The van der Waals surface area contributed by atoms with E-state index in [2.05, 4.69) is 15.7 Å². The molecule has 1 amide bonds. The van der Waals surface area contributed by atoms with Gasteiger partial charge >= 0.3 is 0 Å². The van der Waals surface area contributed by atoms with Gasteiger partial charge in [-0.1, -0.05) is 12.1 Å². The van der Waals surface area contributed by atoms with E-state index in [1.165, 1.54) is 5.56 Å². The summed E-state index contributed by atoms with van der Waals surface area (Å²) in [7, 11) is 3.75. The summed E-state index contributed by atoms with van der Waals surface area (Å²) in [6.45, 7) is 4.55. The second-order valence-electron chi connectivity index (χ2n) is 4.85. The minimum atomic E-state index is -0.116. The van der Waals surface area contributed by atoms with E-state index >= 15 is 0 Å². The van der Waals surface area contributed by atoms with E-state index in [1.54, 1.807) is 4.68 Å². The van der Waals surface area contributed by atoms with Gasteiger partial charge in [0.15, 0.2) is 0 Å². The molecule has 0 atom stereocenters. The maximum atomic E-state index is 12.3. The molecule has 1 aromatic heterocycles. The van der Waals surface area contributed by atoms with Gasteiger partial charge in [-0.15, -0.1) is 0 Å². The first kappa shape index (κ1) is 14.3. The quantitative estimate of drug-likeness (QED) is 0.895. The lowest BCUT2D eigenvalue weighted by Gasteiger charge is -2.07. The van der Waals surface area contributed by atoms with Gasteiger partial charge in [0.1, 0.15) is 0 Å². The van der Waals surface area contributed by atoms with Gasteiger partial charge in [0.05, 0.1) is 11.3 Å². The Morgan fingerprint density at radius 2 is 1.90 bits per heavy atom. The highest BCUT2D eigenvalue weighted by atomic mass is 16.1. The maximum Gasteiger partial charge on any atom is 0.259 e. The SMILES string of the molecule is CNCc1ccc(NC(=O)c2c(C)nn(C)c2C)cc1. The predicted molar refractivity (Wildman–Crippen MR) is 79.8 cm³/mol. The third-order valence-electron chi connectivity index (χ3n) is 3.33. The van der Waals surface area contributed by atoms with Crippen LogP contribution in [0.5, 0.6) is 0 Å². The zero-order valence-electron chi connectivity index (χ0n) is 12.3. The molecular formula is C15H20N4O. The lowest BCUT2D eigenvalue weighted by Crippen LogP contribution is -2.14. The number of hydrogen-bond acceptors (Lipinski definition) is 3. The molecule has 106 valence electrons. The van der Waals surface area contributed by atoms with Crippen molar-refractivity contribution in [2.45, 2.75) is 20.4 Å². The number of nitrogens with zero attached hydrogens (tertiary/aromatic N) is 2. The van der Waals surface area contributed by atoms with Gasteiger partial charge in [-0.3, -0.25) is 9.48 Å². The van der Waals surface area contributed by atoms with Crippen molar-refractivity contribution in [3.63, 3.8) is 0 Å². The molecule has 0 aliphatic heterocycles. The number of carbonyl (C=O) groups is 1. The topological polar surface area (TPSA) is 58.9 Å². The number of rotatable bonds is 4. The molecule has 0 aliphatic carbocycles. The van der Waals surface area contributed by atoms with Crippen LogP contribution in [-0.4, -0.2) is 22.7 Å². The minimum absolute atomic E-state index is 0.116. The van der Waals surface area contributed by atoms with E-state index in [1.807, 2.05) is 52.2 Å². The summed E-state index contributed by atoms with van der Waals surface area (Å²) in [5, 5.41) is 10.3. The van der Waals surface area contributed by atoms with Gasteiger partial charge in [0.25, 0.3) is 5.91 Å². The molecular weight excluding hydrogens is 252 g/mol. The molecule has 0 saturated carbocycles. The summed E-state index contributed by atoms with van der Waals surface area (Å²) in [5.74, 6) is -0.116. The molecule has 20 heavy (non-hydrogen) atoms. The van der Waals surface area contributed by atoms with Crippen molar-refractivity contribution in [2.24, 2.45) is 7.05 Å². The highest BCUT2D eigenvalue weighted by Crippen LogP contribution is 2.16. The van der Waals surface area contributed by atoms with Crippen LogP contribution in [0.25, 0.3) is 0 Å². The van der Waals surface area contributed by atoms with E-state index in [0.29, 0.717) is 5.56 Å². The van der Waals surface area contributed by atoms with E-state index in [-0.39, 0.29) is 5.91 Å². The normalized spacial score (nSPS) is 10.6. The lowest BCUT2D eigenvalue weighted by atomic mass is 10.1. The zero-order valence-corrected chi connectivity index (χ0v) is 12.3. The number of aromatic nitrogens is 2. The number of carbonyl (C=O) groups excluding carboxylic acids is 1. The second kappa shape index (κ2) is 5.88. The fourth-order valence-corrected chi connectivity index (χ4v) is 2.21. The Morgan fingerprint density at radius 1 is 1.25 bits per heavy atom. The van der Waals surface area contributed by atoms with Crippen LogP contribution >= 0.6 is 0 Å². The summed E-state index contributed by atoms with van der Waals surface area (Å²) in [5.41, 5.74) is 4.23. The number of amides is 1. The molecule has 0 radical (unpaired) electrons. The van der Waals surface area contributed by atoms with Gasteiger partial charge in [-0.2, -0.15) is 5.10 Å². The van der Waals surface area contributed by atoms with Gasteiger partial charge in [-0.25, -0.2) is 0 Å². The summed E-state index contributed by atoms with van der Waals surface area (Å²) in [6.07, 6.45) is 0. The number of aryl methyl sites for hydroxylation is 2. The fraction of sp³-hybridized carbons (Fsp3) is 0.333. The Kier molecular flexibility index (Phi) is 4.20. The highest BCUT2D eigenvalue weighted by Gasteiger charge is 2.17. The minimum Gasteiger partial charge on any atom is -0.322 e. The summed E-state index contributed by atoms with van der Waals surface area (Å²) in [6, 6.07) is 7.81. The summed E-state index contributed by atoms with van der Waals surface area (Å²) in [4.78, 5) is 12.3. The number of anilines is 1. The van der Waals surface area contributed by atoms with Gasteiger partial charge < -0.3 is 10.6 Å². The molecule has 0 spiro atoms. The average Bonchev–Trinajstić information content (AvgIpc) is 2.66. The van der Waals surface area contributed by atoms with Gasteiger partial charge in [0.2, 0.25) is 0 Å². The molecule has 0 unspecified atom stereocenters. The third-order valence-corrected chi connectivity index (χ3v) is 3.33. The highest BCUT2D eigenvalue weighted by molar-refractivity contribution is 6.05. The Hall–Kier alpha value is -2.14. The second-order valence-corrected chi connectivity index (χ2v) is 4.85. The first-order valence-corrected chi connectivity index (χ1v) is 6.58. The molecule has 1 heterocycles. The molecule has 2 N–H and O–H groups in total. The van der Waals surface area contributed by atoms with Crippen molar-refractivity contribution in [2.75, 3.05) is 12.4 Å². The Balaban J connectivity index is 2.15. The zero-order chi connectivity index (χ0) is 14.7. The van der Waals surface area contributed by atoms with Crippen LogP contribution in [0, 0.1) is 13.8 Å². The van der Waals surface area contributed by atoms with Crippen LogP contribution in [0.15, 0.2) is 24.3 Å². The maximum absolute atomic E-state index is 12.3. The number of benzene rings is 1. The van der Waals surface area contributed by atoms with Crippen molar-refractivity contribution in [1.29, 1.82) is 0 Å². The standard InChI is InChI=1S/C15H20N4O/c1-10-14(11(2)19(4)18-10)15(20)17-13-7-5-12(6-8-13)9-16-3/h5-8,16H,9H2,1-4H3,(H,17,20). The molecule has 0 bridgehead atoms. The Bertz CT molecular complexity index is 614. The predicted octanol–water partition coefficient (Wildman–Crippen LogP) is 2.01. The van der Waals surface area contributed by atoms with Crippen LogP contribution in [0.4, 0.5) is 5.69 Å². The smallest absolute Gasteiger partial charge is 0.259 e. The first-order valence-electron chi connectivity index (χ1n) is 6.58. The van der Waals surface area contributed by atoms with E-state index in [9.17, 15) is 4.79 Å². The van der Waals surface area contributed by atoms with Crippen molar-refractivity contribution < 1.29 is 4.79 Å². The van der Waals surface area contributed by atoms with Crippen LogP contribution in [0.2, 0.25) is 0 Å². The van der Waals surface area contributed by atoms with Crippen LogP contribution in [0.3, 0.4) is 0 Å². The summed E-state index contributed by atoms with van der Waals surface area (Å²) < 4.78 is 1.72. The van der Waals surface area contributed by atoms with Crippen molar-refractivity contribution in [3.05, 3.63) is 46.8 Å². The average molecular weight is 272 g/mol. The number of nitrogens with one attached hydrogen (secondary N) is 2. The van der Waals surface area contributed by atoms with E-state index in [0.717, 1.165) is 23.6 Å². The van der Waals surface area contributed by atoms with Crippen molar-refractivity contribution >= 4 is 11.6 Å². The molecule has 0 fully saturated rings. The molecule has 2 rings (SSSR count). The third kappa shape index (κ3) is 2.88. The molecule has 5 heteroatoms. The molecule has 5 nitrogen and oxygen atoms in total. The van der Waals surface area contributed by atoms with Gasteiger partial charge in [0, 0.05) is 25.0 Å². The summed E-state index contributed by atoms with van der Waals surface area (Å²) >= 11 is 0. The molecule has 2 aromatic rings. The lowest BCUT2D eigenvalue weighted by molar-refractivity contribution is 0.102. The van der Waals surface area contributed by atoms with E-state index in [4.69, 9.17) is 0 Å². The molecule has 0 aliphatic rings. The Labute approximate surface area is 119 Å². The molecule has 1 aromatic carbocycles. The van der Waals surface area contributed by atoms with Crippen molar-refractivity contribution in [3.8, 4) is 0 Å². The number of hydrogen-bond donors (Lipinski definition) is 2. The van der Waals surface area contributed by atoms with Crippen LogP contribution in [-0.2, 0) is 13.6 Å². The first-order chi connectivity index (χ1) is 9.52. The fourth-order valence-electron chi connectivity index (χ4n) is 2.21. The van der Waals surface area contributed by atoms with Crippen molar-refractivity contribution in [1.82, 2.24) is 15.1 Å².